The van der Waals surface area contributed by atoms with Gasteiger partial charge in [-0.1, -0.05) is 30.4 Å². The number of nitrogens with two attached hydrogens (primary N) is 1. The number of nitrogens with zero attached hydrogens (tertiary/aromatic N) is 4. The number of alkyl halides is 3. The monoisotopic (exact) mass is 556 g/mol. The van der Waals surface area contributed by atoms with Crippen molar-refractivity contribution >= 4 is 30.8 Å². The third-order valence-corrected chi connectivity index (χ3v) is 7.08. The van der Waals surface area contributed by atoms with Crippen LogP contribution in [0, 0.1) is 5.92 Å². The highest BCUT2D eigenvalue weighted by molar-refractivity contribution is 7.52. The van der Waals surface area contributed by atoms with Gasteiger partial charge in [-0.25, -0.2) is 9.55 Å². The number of para-hydroxylation sites is 1. The van der Waals surface area contributed by atoms with Crippen molar-refractivity contribution in [3.63, 3.8) is 0 Å². The first-order valence-corrected chi connectivity index (χ1v) is 12.8. The van der Waals surface area contributed by atoms with E-state index in [1.807, 2.05) is 0 Å². The Kier molecular flexibility index (Phi) is 7.90. The van der Waals surface area contributed by atoms with Crippen molar-refractivity contribution in [2.45, 2.75) is 31.6 Å². The molecule has 1 unspecified atom stereocenters. The molecule has 2 heterocycles. The van der Waals surface area contributed by atoms with Gasteiger partial charge < -0.3 is 24.7 Å². The Bertz CT molecular complexity index is 1370. The fourth-order valence-electron chi connectivity index (χ4n) is 3.68. The van der Waals surface area contributed by atoms with E-state index in [2.05, 4.69) is 20.0 Å². The maximum Gasteiger partial charge on any atom is 0.459 e. The first kappa shape index (κ1) is 27.4. The topological polar surface area (TPSA) is 164 Å². The molecule has 4 N–H and O–H groups in total. The van der Waals surface area contributed by atoms with Crippen molar-refractivity contribution < 1.29 is 41.4 Å². The highest BCUT2D eigenvalue weighted by Crippen LogP contribution is 2.46. The van der Waals surface area contributed by atoms with Crippen molar-refractivity contribution in [1.82, 2.24) is 24.6 Å². The van der Waals surface area contributed by atoms with E-state index in [0.717, 1.165) is 0 Å². The Morgan fingerprint density at radius 1 is 1.29 bits per heavy atom. The van der Waals surface area contributed by atoms with Gasteiger partial charge in [0.2, 0.25) is 11.8 Å². The summed E-state index contributed by atoms with van der Waals surface area (Å²) in [6.07, 6.45) is 0.845. The number of allylic oxidation sites excluding steroid dienone is 1. The number of halogens is 3. The Morgan fingerprint density at radius 2 is 2.03 bits per heavy atom. The molecule has 0 aliphatic heterocycles. The molecule has 1 aliphatic carbocycles. The van der Waals surface area contributed by atoms with Gasteiger partial charge in [-0.2, -0.15) is 28.2 Å². The standard InChI is InChI=1S/C22H24F3N6O6P/c1-13(20(32)33)30-38(34,37-16-5-3-2-4-6-16)36-10-14-7-8-15(9-14)31-12-27-17-18(31)28-21(26)29-19(17)35-11-22(23,24)25/h2-8,12-15H,9-11H2,1H3,(H,30,34)(H,32,33)(H2,26,28,29)/t13-,14+,15-,38?/m0/s1. The summed E-state index contributed by atoms with van der Waals surface area (Å²) in [5, 5.41) is 11.6. The molecule has 4 atom stereocenters. The molecule has 0 spiro atoms. The van der Waals surface area contributed by atoms with E-state index in [1.165, 1.54) is 13.3 Å². The van der Waals surface area contributed by atoms with Crippen molar-refractivity contribution in [3.05, 3.63) is 48.8 Å². The molecule has 1 aromatic carbocycles. The zero-order chi connectivity index (χ0) is 27.5. The minimum Gasteiger partial charge on any atom is -0.480 e. The van der Waals surface area contributed by atoms with Crippen LogP contribution in [0.25, 0.3) is 11.2 Å². The molecular formula is C22H24F3N6O6P. The summed E-state index contributed by atoms with van der Waals surface area (Å²) in [5.41, 5.74) is 5.88. The van der Waals surface area contributed by atoms with Crippen LogP contribution in [0.3, 0.4) is 0 Å². The van der Waals surface area contributed by atoms with Gasteiger partial charge in [-0.3, -0.25) is 9.32 Å². The average molecular weight is 556 g/mol. The number of imidazole rings is 1. The second-order valence-electron chi connectivity index (χ2n) is 8.45. The van der Waals surface area contributed by atoms with Crippen LogP contribution in [0.5, 0.6) is 11.6 Å². The zero-order valence-corrected chi connectivity index (χ0v) is 20.8. The van der Waals surface area contributed by atoms with E-state index in [1.54, 1.807) is 47.1 Å². The third-order valence-electron chi connectivity index (χ3n) is 5.44. The van der Waals surface area contributed by atoms with E-state index in [0.29, 0.717) is 6.42 Å². The van der Waals surface area contributed by atoms with Crippen molar-refractivity contribution in [2.24, 2.45) is 5.92 Å². The second-order valence-corrected chi connectivity index (χ2v) is 10.1. The van der Waals surface area contributed by atoms with Crippen molar-refractivity contribution in [3.8, 4) is 11.6 Å². The molecule has 0 fully saturated rings. The van der Waals surface area contributed by atoms with Crippen LogP contribution in [-0.2, 0) is 13.9 Å². The first-order chi connectivity index (χ1) is 17.9. The molecule has 2 aromatic heterocycles. The molecule has 12 nitrogen and oxygen atoms in total. The number of carboxylic acid groups (broad SMARTS) is 1. The number of aliphatic carboxylic acids is 1. The summed E-state index contributed by atoms with van der Waals surface area (Å²) in [6.45, 7) is -0.337. The van der Waals surface area contributed by atoms with Gasteiger partial charge in [-0.05, 0) is 25.5 Å². The quantitative estimate of drug-likeness (QED) is 0.233. The number of nitrogens with one attached hydrogen (secondary N) is 1. The summed E-state index contributed by atoms with van der Waals surface area (Å²) < 4.78 is 68.7. The number of fused-ring (bicyclic) bond motifs is 1. The number of nitrogen functional groups attached to an aromatic ring is 1. The molecule has 0 saturated heterocycles. The normalized spacial score (nSPS) is 19.8. The fourth-order valence-corrected chi connectivity index (χ4v) is 5.23. The van der Waals surface area contributed by atoms with Gasteiger partial charge in [0.1, 0.15) is 11.8 Å². The number of aromatic nitrogens is 4. The third kappa shape index (κ3) is 6.79. The summed E-state index contributed by atoms with van der Waals surface area (Å²) in [6, 6.07) is 6.62. The second kappa shape index (κ2) is 11.0. The number of hydrogen-bond donors (Lipinski definition) is 3. The Labute approximate surface area is 214 Å². The lowest BCUT2D eigenvalue weighted by Crippen LogP contribution is -2.33. The SMILES string of the molecule is C[C@H](NP(=O)(OC[C@@H]1C=C[C@H](n2cnc3c(OCC(F)(F)F)nc(N)nc32)C1)Oc1ccccc1)C(=O)O. The van der Waals surface area contributed by atoms with Crippen LogP contribution in [0.4, 0.5) is 19.1 Å². The molecule has 0 bridgehead atoms. The molecule has 1 aliphatic rings. The van der Waals surface area contributed by atoms with E-state index in [4.69, 9.17) is 19.5 Å². The number of anilines is 1. The van der Waals surface area contributed by atoms with Gasteiger partial charge in [0.15, 0.2) is 17.8 Å². The predicted molar refractivity (Wildman–Crippen MR) is 128 cm³/mol. The van der Waals surface area contributed by atoms with E-state index >= 15 is 0 Å². The van der Waals surface area contributed by atoms with Crippen molar-refractivity contribution in [1.29, 1.82) is 0 Å². The molecule has 4 rings (SSSR count). The van der Waals surface area contributed by atoms with Crippen LogP contribution < -0.4 is 20.1 Å². The van der Waals surface area contributed by atoms with Gasteiger partial charge >= 0.3 is 19.9 Å². The number of carbonyl (C=O) groups is 1. The largest absolute Gasteiger partial charge is 0.480 e. The molecule has 0 radical (unpaired) electrons. The fraction of sp³-hybridized carbons (Fsp3) is 0.364. The summed E-state index contributed by atoms with van der Waals surface area (Å²) in [5.74, 6) is -1.95. The van der Waals surface area contributed by atoms with Crippen LogP contribution >= 0.6 is 7.75 Å². The zero-order valence-electron chi connectivity index (χ0n) is 19.9. The molecular weight excluding hydrogens is 532 g/mol. The van der Waals surface area contributed by atoms with E-state index in [9.17, 15) is 27.6 Å². The summed E-state index contributed by atoms with van der Waals surface area (Å²) in [7, 11) is -4.09. The lowest BCUT2D eigenvalue weighted by molar-refractivity contribution is -0.153. The minimum atomic E-state index is -4.57. The van der Waals surface area contributed by atoms with Crippen molar-refractivity contribution in [2.75, 3.05) is 18.9 Å². The maximum absolute atomic E-state index is 13.4. The van der Waals surface area contributed by atoms with Crippen LogP contribution in [0.15, 0.2) is 48.8 Å². The molecule has 16 heteroatoms. The number of hydrogen-bond acceptors (Lipinski definition) is 9. The first-order valence-electron chi connectivity index (χ1n) is 11.3. The lowest BCUT2D eigenvalue weighted by atomic mass is 10.1. The molecule has 0 amide bonds. The van der Waals surface area contributed by atoms with Crippen LogP contribution in [-0.4, -0.2) is 56.0 Å². The van der Waals surface area contributed by atoms with Gasteiger partial charge in [-0.15, -0.1) is 0 Å². The minimum absolute atomic E-state index is 0.0178. The highest BCUT2D eigenvalue weighted by Gasteiger charge is 2.34. The Hall–Kier alpha value is -3.68. The number of rotatable bonds is 11. The Morgan fingerprint density at radius 3 is 2.71 bits per heavy atom. The van der Waals surface area contributed by atoms with Gasteiger partial charge in [0.05, 0.1) is 19.0 Å². The Balaban J connectivity index is 1.46. The van der Waals surface area contributed by atoms with Gasteiger partial charge in [0.25, 0.3) is 0 Å². The van der Waals surface area contributed by atoms with E-state index in [-0.39, 0.29) is 47.3 Å². The molecule has 38 heavy (non-hydrogen) atoms. The molecule has 3 aromatic rings. The average Bonchev–Trinajstić information content (AvgIpc) is 3.48. The number of ether oxygens (including phenoxy) is 1. The summed E-state index contributed by atoms with van der Waals surface area (Å²) >= 11 is 0. The van der Waals surface area contributed by atoms with Gasteiger partial charge in [0, 0.05) is 5.92 Å². The van der Waals surface area contributed by atoms with E-state index < -0.39 is 32.5 Å². The highest BCUT2D eigenvalue weighted by atomic mass is 31.2. The maximum atomic E-state index is 13.4. The number of benzene rings is 1. The van der Waals surface area contributed by atoms with Crippen LogP contribution in [0.1, 0.15) is 19.4 Å². The predicted octanol–water partition coefficient (Wildman–Crippen LogP) is 3.73. The number of carboxylic acids is 1. The smallest absolute Gasteiger partial charge is 0.459 e. The lowest BCUT2D eigenvalue weighted by Gasteiger charge is -2.23. The molecule has 0 saturated carbocycles. The molecule has 204 valence electrons. The van der Waals surface area contributed by atoms with Crippen LogP contribution in [0.2, 0.25) is 0 Å². The summed E-state index contributed by atoms with van der Waals surface area (Å²) in [4.78, 5) is 23.2.